The summed E-state index contributed by atoms with van der Waals surface area (Å²) >= 11 is 0. The van der Waals surface area contributed by atoms with Crippen LogP contribution in [-0.2, 0) is 0 Å². The fourth-order valence-corrected chi connectivity index (χ4v) is 0.836. The highest BCUT2D eigenvalue weighted by atomic mass is 19.1. The minimum absolute atomic E-state index is 0.0222. The third kappa shape index (κ3) is 1.58. The molecule has 64 valence electrons. The van der Waals surface area contributed by atoms with Gasteiger partial charge in [-0.1, -0.05) is 0 Å². The summed E-state index contributed by atoms with van der Waals surface area (Å²) in [5, 5.41) is 2.67. The van der Waals surface area contributed by atoms with Crippen LogP contribution < -0.4 is 5.32 Å². The summed E-state index contributed by atoms with van der Waals surface area (Å²) in [4.78, 5) is 14.3. The molecule has 0 aromatic carbocycles. The number of anilines is 1. The van der Waals surface area contributed by atoms with Gasteiger partial charge in [0, 0.05) is 7.05 Å². The van der Waals surface area contributed by atoms with Gasteiger partial charge in [0.2, 0.25) is 5.95 Å². The van der Waals surface area contributed by atoms with Crippen molar-refractivity contribution in [1.82, 2.24) is 4.98 Å². The first-order valence-electron chi connectivity index (χ1n) is 3.50. The molecule has 0 amide bonds. The lowest BCUT2D eigenvalue weighted by Gasteiger charge is -2.00. The Hall–Kier alpha value is -1.45. The molecule has 0 unspecified atom stereocenters. The highest BCUT2D eigenvalue weighted by Crippen LogP contribution is 2.09. The molecule has 0 radical (unpaired) electrons. The summed E-state index contributed by atoms with van der Waals surface area (Å²) in [6.07, 6.45) is 0. The number of hydrogen-bond acceptors (Lipinski definition) is 3. The Bertz CT molecular complexity index is 312. The number of ketones is 1. The molecular formula is C8H9FN2O. The maximum Gasteiger partial charge on any atom is 0.225 e. The maximum absolute atomic E-state index is 12.9. The molecule has 0 aliphatic carbocycles. The zero-order valence-electron chi connectivity index (χ0n) is 6.89. The van der Waals surface area contributed by atoms with Crippen LogP contribution >= 0.6 is 0 Å². The second kappa shape index (κ2) is 3.30. The first kappa shape index (κ1) is 8.64. The number of halogens is 1. The lowest BCUT2D eigenvalue weighted by molar-refractivity contribution is 0.101. The first-order valence-corrected chi connectivity index (χ1v) is 3.50. The second-order valence-corrected chi connectivity index (χ2v) is 2.34. The Morgan fingerprint density at radius 3 is 2.67 bits per heavy atom. The van der Waals surface area contributed by atoms with E-state index in [4.69, 9.17) is 0 Å². The van der Waals surface area contributed by atoms with Crippen molar-refractivity contribution in [3.05, 3.63) is 23.6 Å². The van der Waals surface area contributed by atoms with Crippen molar-refractivity contribution in [2.45, 2.75) is 6.92 Å². The molecule has 3 nitrogen and oxygen atoms in total. The van der Waals surface area contributed by atoms with E-state index < -0.39 is 5.95 Å². The Labute approximate surface area is 69.6 Å². The zero-order valence-corrected chi connectivity index (χ0v) is 6.89. The molecule has 1 rings (SSSR count). The highest BCUT2D eigenvalue weighted by Gasteiger charge is 2.07. The molecule has 0 atom stereocenters. The lowest BCUT2D eigenvalue weighted by atomic mass is 10.2. The van der Waals surface area contributed by atoms with E-state index in [-0.39, 0.29) is 11.3 Å². The zero-order chi connectivity index (χ0) is 9.14. The molecule has 12 heavy (non-hydrogen) atoms. The third-order valence-corrected chi connectivity index (χ3v) is 1.48. The van der Waals surface area contributed by atoms with Crippen molar-refractivity contribution in [2.24, 2.45) is 0 Å². The second-order valence-electron chi connectivity index (χ2n) is 2.34. The summed E-state index contributed by atoms with van der Waals surface area (Å²) in [7, 11) is 1.63. The standard InChI is InChI=1S/C8H9FN2O/c1-5(12)6-3-4-7(10-2)11-8(6)9/h3-4H,1-2H3,(H,10,11). The third-order valence-electron chi connectivity index (χ3n) is 1.48. The minimum atomic E-state index is -0.727. The lowest BCUT2D eigenvalue weighted by Crippen LogP contribution is -2.02. The van der Waals surface area contributed by atoms with Crippen LogP contribution in [0.25, 0.3) is 0 Å². The van der Waals surface area contributed by atoms with Gasteiger partial charge in [0.1, 0.15) is 5.82 Å². The van der Waals surface area contributed by atoms with Crippen molar-refractivity contribution < 1.29 is 9.18 Å². The van der Waals surface area contributed by atoms with Crippen molar-refractivity contribution in [2.75, 3.05) is 12.4 Å². The summed E-state index contributed by atoms with van der Waals surface area (Å²) in [5.74, 6) is -0.630. The average Bonchev–Trinajstić information content (AvgIpc) is 2.03. The molecule has 4 heteroatoms. The first-order chi connectivity index (χ1) is 5.65. The molecule has 0 bridgehead atoms. The summed E-state index contributed by atoms with van der Waals surface area (Å²) in [6, 6.07) is 2.97. The topological polar surface area (TPSA) is 42.0 Å². The van der Waals surface area contributed by atoms with Gasteiger partial charge in [-0.25, -0.2) is 4.98 Å². The number of Topliss-reactive ketones (excluding diaryl/α,β-unsaturated/α-hetero) is 1. The van der Waals surface area contributed by atoms with Crippen LogP contribution in [-0.4, -0.2) is 17.8 Å². The van der Waals surface area contributed by atoms with Gasteiger partial charge in [-0.2, -0.15) is 4.39 Å². The number of carbonyl (C=O) groups is 1. The molecular weight excluding hydrogens is 159 g/mol. The molecule has 0 saturated carbocycles. The molecule has 1 N–H and O–H groups in total. The molecule has 0 saturated heterocycles. The van der Waals surface area contributed by atoms with E-state index in [1.807, 2.05) is 0 Å². The normalized spacial score (nSPS) is 9.58. The van der Waals surface area contributed by atoms with Gasteiger partial charge in [0.15, 0.2) is 5.78 Å². The quantitative estimate of drug-likeness (QED) is 0.537. The largest absolute Gasteiger partial charge is 0.373 e. The van der Waals surface area contributed by atoms with Crippen molar-refractivity contribution in [3.63, 3.8) is 0 Å². The Morgan fingerprint density at radius 1 is 1.58 bits per heavy atom. The van der Waals surface area contributed by atoms with Gasteiger partial charge in [-0.15, -0.1) is 0 Å². The summed E-state index contributed by atoms with van der Waals surface area (Å²) in [6.45, 7) is 1.30. The Kier molecular flexibility index (Phi) is 2.38. The van der Waals surface area contributed by atoms with Crippen LogP contribution in [0.1, 0.15) is 17.3 Å². The number of hydrogen-bond donors (Lipinski definition) is 1. The van der Waals surface area contributed by atoms with Gasteiger partial charge in [-0.3, -0.25) is 4.79 Å². The van der Waals surface area contributed by atoms with E-state index in [0.717, 1.165) is 0 Å². The van der Waals surface area contributed by atoms with Gasteiger partial charge in [0.25, 0.3) is 0 Å². The maximum atomic E-state index is 12.9. The molecule has 0 fully saturated rings. The average molecular weight is 168 g/mol. The van der Waals surface area contributed by atoms with Gasteiger partial charge >= 0.3 is 0 Å². The number of carbonyl (C=O) groups excluding carboxylic acids is 1. The van der Waals surface area contributed by atoms with E-state index in [1.54, 1.807) is 13.1 Å². The van der Waals surface area contributed by atoms with Gasteiger partial charge in [-0.05, 0) is 19.1 Å². The smallest absolute Gasteiger partial charge is 0.225 e. The van der Waals surface area contributed by atoms with E-state index in [0.29, 0.717) is 5.82 Å². The predicted octanol–water partition coefficient (Wildman–Crippen LogP) is 1.46. The van der Waals surface area contributed by atoms with Crippen LogP contribution in [0.2, 0.25) is 0 Å². The van der Waals surface area contributed by atoms with E-state index in [2.05, 4.69) is 10.3 Å². The highest BCUT2D eigenvalue weighted by molar-refractivity contribution is 5.94. The molecule has 1 heterocycles. The van der Waals surface area contributed by atoms with Crippen LogP contribution in [0.5, 0.6) is 0 Å². The van der Waals surface area contributed by atoms with Crippen LogP contribution in [0.4, 0.5) is 10.2 Å². The van der Waals surface area contributed by atoms with Crippen LogP contribution in [0.3, 0.4) is 0 Å². The molecule has 1 aromatic rings. The summed E-state index contributed by atoms with van der Waals surface area (Å²) < 4.78 is 12.9. The van der Waals surface area contributed by atoms with Crippen LogP contribution in [0, 0.1) is 5.95 Å². The van der Waals surface area contributed by atoms with Crippen molar-refractivity contribution >= 4 is 11.6 Å². The SMILES string of the molecule is CNc1ccc(C(C)=O)c(F)n1. The summed E-state index contributed by atoms with van der Waals surface area (Å²) in [5.41, 5.74) is 0.0222. The number of nitrogens with zero attached hydrogens (tertiary/aromatic N) is 1. The van der Waals surface area contributed by atoms with Crippen molar-refractivity contribution in [1.29, 1.82) is 0 Å². The Morgan fingerprint density at radius 2 is 2.25 bits per heavy atom. The van der Waals surface area contributed by atoms with Gasteiger partial charge in [0.05, 0.1) is 5.56 Å². The number of nitrogens with one attached hydrogen (secondary N) is 1. The molecule has 0 aliphatic heterocycles. The van der Waals surface area contributed by atoms with Crippen LogP contribution in [0.15, 0.2) is 12.1 Å². The number of pyridine rings is 1. The van der Waals surface area contributed by atoms with E-state index in [1.165, 1.54) is 13.0 Å². The monoisotopic (exact) mass is 168 g/mol. The fraction of sp³-hybridized carbons (Fsp3) is 0.250. The molecule has 0 spiro atoms. The van der Waals surface area contributed by atoms with E-state index in [9.17, 15) is 9.18 Å². The van der Waals surface area contributed by atoms with Crippen molar-refractivity contribution in [3.8, 4) is 0 Å². The number of rotatable bonds is 2. The van der Waals surface area contributed by atoms with E-state index >= 15 is 0 Å². The molecule has 1 aromatic heterocycles. The Balaban J connectivity index is 3.12. The van der Waals surface area contributed by atoms with Gasteiger partial charge < -0.3 is 5.32 Å². The minimum Gasteiger partial charge on any atom is -0.373 e. The fourth-order valence-electron chi connectivity index (χ4n) is 0.836. The number of aromatic nitrogens is 1. The predicted molar refractivity (Wildman–Crippen MR) is 43.7 cm³/mol. The molecule has 0 aliphatic rings.